The van der Waals surface area contributed by atoms with Gasteiger partial charge in [0.25, 0.3) is 0 Å². The smallest absolute Gasteiger partial charge is 0.142 e. The van der Waals surface area contributed by atoms with Crippen molar-refractivity contribution in [3.05, 3.63) is 52.6 Å². The molecule has 0 aliphatic rings. The van der Waals surface area contributed by atoms with Crippen LogP contribution in [0.25, 0.3) is 0 Å². The van der Waals surface area contributed by atoms with Crippen LogP contribution in [0.4, 0.5) is 0 Å². The minimum Gasteiger partial charge on any atom is -0.365 e. The molecule has 4 nitrogen and oxygen atoms in total. The van der Waals surface area contributed by atoms with E-state index in [2.05, 4.69) is 37.0 Å². The minimum absolute atomic E-state index is 0.187. The number of halogens is 1. The van der Waals surface area contributed by atoms with E-state index < -0.39 is 0 Å². The average molecular weight is 364 g/mol. The molecule has 1 atom stereocenters. The van der Waals surface area contributed by atoms with Gasteiger partial charge in [0.05, 0.1) is 0 Å². The summed E-state index contributed by atoms with van der Waals surface area (Å²) in [5.74, 6) is 0.921. The van der Waals surface area contributed by atoms with E-state index in [1.165, 1.54) is 5.56 Å². The minimum atomic E-state index is -0.187. The zero-order valence-electron chi connectivity index (χ0n) is 15.8. The Morgan fingerprint density at radius 2 is 2.08 bits per heavy atom. The summed E-state index contributed by atoms with van der Waals surface area (Å²) in [6, 6.07) is 6.10. The van der Waals surface area contributed by atoms with Crippen LogP contribution in [0.1, 0.15) is 49.2 Å². The molecule has 0 aliphatic heterocycles. The molecule has 5 heteroatoms. The van der Waals surface area contributed by atoms with Crippen LogP contribution in [-0.4, -0.2) is 41.7 Å². The Balaban J connectivity index is 2.29. The maximum atomic E-state index is 6.52. The molecular formula is C20H30ClN3O. The maximum absolute atomic E-state index is 6.52. The van der Waals surface area contributed by atoms with Crippen molar-refractivity contribution in [1.29, 1.82) is 0 Å². The fraction of sp³-hybridized carbons (Fsp3) is 0.550. The Labute approximate surface area is 156 Å². The lowest BCUT2D eigenvalue weighted by Gasteiger charge is -2.22. The molecule has 0 amide bonds. The maximum Gasteiger partial charge on any atom is 0.142 e. The highest BCUT2D eigenvalue weighted by Gasteiger charge is 2.23. The predicted molar refractivity (Wildman–Crippen MR) is 104 cm³/mol. The monoisotopic (exact) mass is 363 g/mol. The summed E-state index contributed by atoms with van der Waals surface area (Å²) in [6.45, 7) is 3.89. The lowest BCUT2D eigenvalue weighted by atomic mass is 9.97. The molecule has 25 heavy (non-hydrogen) atoms. The second kappa shape index (κ2) is 9.95. The van der Waals surface area contributed by atoms with Crippen molar-refractivity contribution in [1.82, 2.24) is 14.5 Å². The molecule has 0 bridgehead atoms. The van der Waals surface area contributed by atoms with Crippen molar-refractivity contribution in [3.8, 4) is 0 Å². The van der Waals surface area contributed by atoms with Crippen molar-refractivity contribution < 1.29 is 4.74 Å². The van der Waals surface area contributed by atoms with Crippen molar-refractivity contribution in [2.24, 2.45) is 7.05 Å². The molecule has 1 heterocycles. The summed E-state index contributed by atoms with van der Waals surface area (Å²) in [5.41, 5.74) is 2.33. The van der Waals surface area contributed by atoms with E-state index in [-0.39, 0.29) is 6.10 Å². The zero-order valence-corrected chi connectivity index (χ0v) is 16.6. The van der Waals surface area contributed by atoms with Crippen molar-refractivity contribution in [3.63, 3.8) is 0 Å². The van der Waals surface area contributed by atoms with Gasteiger partial charge in [0.2, 0.25) is 0 Å². The first-order valence-electron chi connectivity index (χ1n) is 9.05. The highest BCUT2D eigenvalue weighted by atomic mass is 35.5. The number of benzene rings is 1. The summed E-state index contributed by atoms with van der Waals surface area (Å²) >= 11 is 6.52. The molecule has 2 aromatic rings. The molecule has 0 radical (unpaired) electrons. The Kier molecular flexibility index (Phi) is 7.94. The third-order valence-corrected chi connectivity index (χ3v) is 4.70. The van der Waals surface area contributed by atoms with Crippen LogP contribution in [0, 0.1) is 0 Å². The molecular weight excluding hydrogens is 334 g/mol. The van der Waals surface area contributed by atoms with Crippen LogP contribution < -0.4 is 0 Å². The third-order valence-electron chi connectivity index (χ3n) is 4.35. The number of aryl methyl sites for hydroxylation is 1. The van der Waals surface area contributed by atoms with Crippen molar-refractivity contribution >= 4 is 11.6 Å². The average Bonchev–Trinajstić information content (AvgIpc) is 2.99. The first kappa shape index (κ1) is 20.0. The lowest BCUT2D eigenvalue weighted by Crippen LogP contribution is -2.18. The summed E-state index contributed by atoms with van der Waals surface area (Å²) < 4.78 is 8.34. The van der Waals surface area contributed by atoms with Gasteiger partial charge in [0.1, 0.15) is 11.9 Å². The van der Waals surface area contributed by atoms with Gasteiger partial charge in [-0.05, 0) is 57.1 Å². The van der Waals surface area contributed by atoms with Crippen molar-refractivity contribution in [2.45, 2.75) is 38.7 Å². The highest BCUT2D eigenvalue weighted by Crippen LogP contribution is 2.32. The van der Waals surface area contributed by atoms with Gasteiger partial charge in [-0.1, -0.05) is 37.1 Å². The molecule has 0 saturated heterocycles. The van der Waals surface area contributed by atoms with E-state index in [4.69, 9.17) is 16.3 Å². The van der Waals surface area contributed by atoms with Gasteiger partial charge in [-0.2, -0.15) is 0 Å². The van der Waals surface area contributed by atoms with Crippen molar-refractivity contribution in [2.75, 3.05) is 27.2 Å². The molecule has 0 fully saturated rings. The molecule has 0 N–H and O–H groups in total. The molecule has 1 unspecified atom stereocenters. The summed E-state index contributed by atoms with van der Waals surface area (Å²) in [4.78, 5) is 6.71. The summed E-state index contributed by atoms with van der Waals surface area (Å²) in [7, 11) is 6.17. The molecule has 0 saturated carbocycles. The van der Waals surface area contributed by atoms with Crippen LogP contribution in [-0.2, 0) is 18.2 Å². The number of unbranched alkanes of at least 4 members (excludes halogenated alkanes) is 1. The fourth-order valence-electron chi connectivity index (χ4n) is 2.95. The van der Waals surface area contributed by atoms with Gasteiger partial charge in [-0.15, -0.1) is 0 Å². The summed E-state index contributed by atoms with van der Waals surface area (Å²) in [5, 5.41) is 0.821. The molecule has 1 aromatic heterocycles. The molecule has 2 rings (SSSR count). The van der Waals surface area contributed by atoms with Crippen LogP contribution in [0.2, 0.25) is 5.02 Å². The Bertz CT molecular complexity index is 654. The Hall–Kier alpha value is -1.36. The summed E-state index contributed by atoms with van der Waals surface area (Å²) in [6.07, 6.45) is 7.80. The normalized spacial score (nSPS) is 12.7. The third kappa shape index (κ3) is 5.56. The largest absolute Gasteiger partial charge is 0.365 e. The molecule has 1 aromatic carbocycles. The first-order valence-corrected chi connectivity index (χ1v) is 9.43. The first-order chi connectivity index (χ1) is 12.0. The topological polar surface area (TPSA) is 30.3 Å². The van der Waals surface area contributed by atoms with Gasteiger partial charge in [0, 0.05) is 31.1 Å². The number of aromatic nitrogens is 2. The predicted octanol–water partition coefficient (Wildman–Crippen LogP) is 4.47. The van der Waals surface area contributed by atoms with Gasteiger partial charge in [0.15, 0.2) is 0 Å². The van der Waals surface area contributed by atoms with Gasteiger partial charge < -0.3 is 14.2 Å². The lowest BCUT2D eigenvalue weighted by molar-refractivity contribution is 0.0666. The van der Waals surface area contributed by atoms with Gasteiger partial charge in [-0.25, -0.2) is 4.98 Å². The van der Waals surface area contributed by atoms with E-state index in [0.29, 0.717) is 6.61 Å². The second-order valence-electron chi connectivity index (χ2n) is 6.72. The number of hydrogen-bond acceptors (Lipinski definition) is 3. The highest BCUT2D eigenvalue weighted by molar-refractivity contribution is 6.31. The van der Waals surface area contributed by atoms with E-state index in [0.717, 1.165) is 48.6 Å². The van der Waals surface area contributed by atoms with Crippen LogP contribution >= 0.6 is 11.6 Å². The fourth-order valence-corrected chi connectivity index (χ4v) is 3.23. The number of imidazole rings is 1. The SMILES string of the molecule is CCCCc1c(Cl)cccc1C(OCCCN(C)C)c1nccn1C. The number of ether oxygens (including phenoxy) is 1. The zero-order chi connectivity index (χ0) is 18.2. The standard InChI is InChI=1S/C20H30ClN3O/c1-5-6-9-16-17(10-7-11-18(16)21)19(20-22-12-14-24(20)4)25-15-8-13-23(2)3/h7,10-12,14,19H,5-6,8-9,13,15H2,1-4H3. The second-order valence-corrected chi connectivity index (χ2v) is 7.12. The van der Waals surface area contributed by atoms with Crippen LogP contribution in [0.15, 0.2) is 30.6 Å². The molecule has 0 aliphatic carbocycles. The number of nitrogens with zero attached hydrogens (tertiary/aromatic N) is 3. The molecule has 0 spiro atoms. The number of rotatable bonds is 10. The van der Waals surface area contributed by atoms with E-state index in [1.807, 2.05) is 36.1 Å². The van der Waals surface area contributed by atoms with Crippen LogP contribution in [0.5, 0.6) is 0 Å². The van der Waals surface area contributed by atoms with Gasteiger partial charge in [-0.3, -0.25) is 0 Å². The molecule has 138 valence electrons. The van der Waals surface area contributed by atoms with E-state index >= 15 is 0 Å². The number of hydrogen-bond donors (Lipinski definition) is 0. The van der Waals surface area contributed by atoms with E-state index in [9.17, 15) is 0 Å². The Morgan fingerprint density at radius 3 is 2.72 bits per heavy atom. The van der Waals surface area contributed by atoms with Gasteiger partial charge >= 0.3 is 0 Å². The Morgan fingerprint density at radius 1 is 1.28 bits per heavy atom. The quantitative estimate of drug-likeness (QED) is 0.583. The van der Waals surface area contributed by atoms with E-state index in [1.54, 1.807) is 0 Å². The van der Waals surface area contributed by atoms with Crippen LogP contribution in [0.3, 0.4) is 0 Å².